The molecule has 1 N–H and O–H groups in total. The van der Waals surface area contributed by atoms with Crippen molar-refractivity contribution in [2.45, 2.75) is 6.92 Å². The molecule has 2 aromatic heterocycles. The summed E-state index contributed by atoms with van der Waals surface area (Å²) >= 11 is 5.78. The first-order chi connectivity index (χ1) is 8.06. The van der Waals surface area contributed by atoms with Crippen LogP contribution in [-0.2, 0) is 7.05 Å². The molecule has 17 heavy (non-hydrogen) atoms. The molecule has 0 radical (unpaired) electrons. The quantitative estimate of drug-likeness (QED) is 0.884. The SMILES string of the molecule is Cc1ccc(Nc2cc(Cl)nn(C)c2=O)nc1. The van der Waals surface area contributed by atoms with Gasteiger partial charge in [0.1, 0.15) is 11.5 Å². The van der Waals surface area contributed by atoms with Gasteiger partial charge in [-0.05, 0) is 18.6 Å². The monoisotopic (exact) mass is 250 g/mol. The van der Waals surface area contributed by atoms with Crippen LogP contribution in [0.15, 0.2) is 29.2 Å². The maximum Gasteiger partial charge on any atom is 0.290 e. The molecule has 0 aliphatic rings. The van der Waals surface area contributed by atoms with E-state index in [2.05, 4.69) is 15.4 Å². The van der Waals surface area contributed by atoms with Crippen LogP contribution in [0.1, 0.15) is 5.56 Å². The van der Waals surface area contributed by atoms with Crippen molar-refractivity contribution in [1.82, 2.24) is 14.8 Å². The Bertz CT molecular complexity index is 591. The van der Waals surface area contributed by atoms with E-state index in [9.17, 15) is 4.79 Å². The van der Waals surface area contributed by atoms with Gasteiger partial charge in [-0.15, -0.1) is 0 Å². The summed E-state index contributed by atoms with van der Waals surface area (Å²) in [6.45, 7) is 1.94. The van der Waals surface area contributed by atoms with Gasteiger partial charge in [0.15, 0.2) is 5.15 Å². The average Bonchev–Trinajstić information content (AvgIpc) is 2.28. The van der Waals surface area contributed by atoms with Crippen molar-refractivity contribution < 1.29 is 0 Å². The fourth-order valence-electron chi connectivity index (χ4n) is 1.34. The zero-order valence-electron chi connectivity index (χ0n) is 9.44. The molecule has 5 nitrogen and oxygen atoms in total. The number of aryl methyl sites for hydroxylation is 2. The predicted molar refractivity (Wildman–Crippen MR) is 66.7 cm³/mol. The van der Waals surface area contributed by atoms with Crippen molar-refractivity contribution in [3.05, 3.63) is 45.5 Å². The van der Waals surface area contributed by atoms with Gasteiger partial charge in [0.05, 0.1) is 0 Å². The molecule has 2 heterocycles. The Morgan fingerprint density at radius 2 is 2.18 bits per heavy atom. The minimum Gasteiger partial charge on any atom is -0.336 e. The first kappa shape index (κ1) is 11.6. The maximum atomic E-state index is 11.7. The van der Waals surface area contributed by atoms with Gasteiger partial charge in [-0.1, -0.05) is 17.7 Å². The number of halogens is 1. The lowest BCUT2D eigenvalue weighted by Gasteiger charge is -2.06. The predicted octanol–water partition coefficient (Wildman–Crippen LogP) is 1.88. The van der Waals surface area contributed by atoms with E-state index in [-0.39, 0.29) is 10.7 Å². The zero-order valence-corrected chi connectivity index (χ0v) is 10.2. The molecular formula is C11H11ClN4O. The van der Waals surface area contributed by atoms with Crippen molar-refractivity contribution in [2.75, 3.05) is 5.32 Å². The number of hydrogen-bond donors (Lipinski definition) is 1. The Labute approximate surface area is 103 Å². The molecule has 0 amide bonds. The Kier molecular flexibility index (Phi) is 3.10. The molecule has 2 rings (SSSR count). The minimum atomic E-state index is -0.253. The lowest BCUT2D eigenvalue weighted by molar-refractivity contribution is 0.710. The van der Waals surface area contributed by atoms with E-state index in [4.69, 9.17) is 11.6 Å². The van der Waals surface area contributed by atoms with Crippen LogP contribution in [-0.4, -0.2) is 14.8 Å². The minimum absolute atomic E-state index is 0.252. The number of pyridine rings is 1. The first-order valence-corrected chi connectivity index (χ1v) is 5.37. The third-order valence-electron chi connectivity index (χ3n) is 2.21. The average molecular weight is 251 g/mol. The highest BCUT2D eigenvalue weighted by Gasteiger charge is 2.05. The van der Waals surface area contributed by atoms with Crippen molar-refractivity contribution in [2.24, 2.45) is 7.05 Å². The normalized spacial score (nSPS) is 10.3. The van der Waals surface area contributed by atoms with E-state index in [1.54, 1.807) is 19.3 Å². The fraction of sp³-hybridized carbons (Fsp3) is 0.182. The van der Waals surface area contributed by atoms with Gasteiger partial charge < -0.3 is 5.32 Å². The first-order valence-electron chi connectivity index (χ1n) is 5.00. The fourth-order valence-corrected chi connectivity index (χ4v) is 1.56. The number of rotatable bonds is 2. The van der Waals surface area contributed by atoms with Gasteiger partial charge in [-0.3, -0.25) is 4.79 Å². The van der Waals surface area contributed by atoms with Crippen LogP contribution >= 0.6 is 11.6 Å². The van der Waals surface area contributed by atoms with Crippen LogP contribution in [0.3, 0.4) is 0 Å². The highest BCUT2D eigenvalue weighted by molar-refractivity contribution is 6.29. The van der Waals surface area contributed by atoms with E-state index in [0.717, 1.165) is 5.56 Å². The standard InChI is InChI=1S/C11H11ClN4O/c1-7-3-4-10(13-6-7)14-8-5-9(12)15-16(2)11(8)17/h3-6H,1-2H3,(H,13,14). The van der Waals surface area contributed by atoms with Crippen molar-refractivity contribution in [1.29, 1.82) is 0 Å². The van der Waals surface area contributed by atoms with Gasteiger partial charge >= 0.3 is 0 Å². The van der Waals surface area contributed by atoms with E-state index >= 15 is 0 Å². The van der Waals surface area contributed by atoms with Gasteiger partial charge in [0.2, 0.25) is 0 Å². The molecule has 0 aliphatic carbocycles. The Morgan fingerprint density at radius 1 is 1.41 bits per heavy atom. The summed E-state index contributed by atoms with van der Waals surface area (Å²) in [5, 5.41) is 6.96. The van der Waals surface area contributed by atoms with Crippen LogP contribution in [0.25, 0.3) is 0 Å². The molecular weight excluding hydrogens is 240 g/mol. The number of nitrogens with one attached hydrogen (secondary N) is 1. The third kappa shape index (κ3) is 2.62. The van der Waals surface area contributed by atoms with Crippen LogP contribution in [0.5, 0.6) is 0 Å². The summed E-state index contributed by atoms with van der Waals surface area (Å²) in [6.07, 6.45) is 1.72. The second-order valence-corrected chi connectivity index (χ2v) is 4.04. The molecule has 88 valence electrons. The number of aromatic nitrogens is 3. The summed E-state index contributed by atoms with van der Waals surface area (Å²) in [4.78, 5) is 15.9. The summed E-state index contributed by atoms with van der Waals surface area (Å²) in [7, 11) is 1.54. The topological polar surface area (TPSA) is 59.8 Å². The van der Waals surface area contributed by atoms with Crippen molar-refractivity contribution in [3.63, 3.8) is 0 Å². The molecule has 0 bridgehead atoms. The molecule has 0 fully saturated rings. The molecule has 0 unspecified atom stereocenters. The van der Waals surface area contributed by atoms with Gasteiger partial charge in [-0.25, -0.2) is 9.67 Å². The zero-order chi connectivity index (χ0) is 12.4. The molecule has 0 saturated heterocycles. The summed E-state index contributed by atoms with van der Waals surface area (Å²) in [5.74, 6) is 0.593. The van der Waals surface area contributed by atoms with Crippen LogP contribution in [0.4, 0.5) is 11.5 Å². The van der Waals surface area contributed by atoms with E-state index < -0.39 is 0 Å². The second kappa shape index (κ2) is 4.55. The maximum absolute atomic E-state index is 11.7. The van der Waals surface area contributed by atoms with Crippen LogP contribution in [0.2, 0.25) is 5.15 Å². The van der Waals surface area contributed by atoms with Gasteiger partial charge in [-0.2, -0.15) is 5.10 Å². The summed E-state index contributed by atoms with van der Waals surface area (Å²) < 4.78 is 1.18. The van der Waals surface area contributed by atoms with Crippen LogP contribution in [0, 0.1) is 6.92 Å². The molecule has 6 heteroatoms. The van der Waals surface area contributed by atoms with E-state index in [1.165, 1.54) is 10.7 Å². The van der Waals surface area contributed by atoms with E-state index in [1.807, 2.05) is 13.0 Å². The summed E-state index contributed by atoms with van der Waals surface area (Å²) in [6, 6.07) is 5.18. The van der Waals surface area contributed by atoms with Crippen molar-refractivity contribution in [3.8, 4) is 0 Å². The van der Waals surface area contributed by atoms with E-state index in [0.29, 0.717) is 11.5 Å². The Morgan fingerprint density at radius 3 is 2.82 bits per heavy atom. The highest BCUT2D eigenvalue weighted by atomic mass is 35.5. The third-order valence-corrected chi connectivity index (χ3v) is 2.39. The van der Waals surface area contributed by atoms with Gasteiger partial charge in [0, 0.05) is 19.3 Å². The molecule has 0 aromatic carbocycles. The number of nitrogens with zero attached hydrogens (tertiary/aromatic N) is 3. The Hall–Kier alpha value is -1.88. The molecule has 0 atom stereocenters. The van der Waals surface area contributed by atoms with Crippen molar-refractivity contribution >= 4 is 23.1 Å². The summed E-state index contributed by atoms with van der Waals surface area (Å²) in [5.41, 5.74) is 1.15. The number of anilines is 2. The second-order valence-electron chi connectivity index (χ2n) is 3.66. The lowest BCUT2D eigenvalue weighted by Crippen LogP contribution is -2.22. The van der Waals surface area contributed by atoms with Gasteiger partial charge in [0.25, 0.3) is 5.56 Å². The van der Waals surface area contributed by atoms with Crippen LogP contribution < -0.4 is 10.9 Å². The number of hydrogen-bond acceptors (Lipinski definition) is 4. The lowest BCUT2D eigenvalue weighted by atomic mass is 10.3. The molecule has 2 aromatic rings. The molecule has 0 aliphatic heterocycles. The molecule has 0 spiro atoms. The smallest absolute Gasteiger partial charge is 0.290 e. The molecule has 0 saturated carbocycles. The highest BCUT2D eigenvalue weighted by Crippen LogP contribution is 2.13. The largest absolute Gasteiger partial charge is 0.336 e. The Balaban J connectivity index is 2.36.